The average Bonchev–Trinajstić information content (AvgIpc) is 2.28. The minimum Gasteiger partial charge on any atom is -0.512 e. The average molecular weight is 227 g/mol. The van der Waals surface area contributed by atoms with Crippen LogP contribution in [-0.4, -0.2) is 29.0 Å². The van der Waals surface area contributed by atoms with Crippen molar-refractivity contribution in [2.75, 3.05) is 13.1 Å². The van der Waals surface area contributed by atoms with Gasteiger partial charge >= 0.3 is 0 Å². The number of unbranched alkanes of at least 4 members (excludes halogenated alkanes) is 2. The van der Waals surface area contributed by atoms with Crippen LogP contribution in [0.15, 0.2) is 11.8 Å². The molecule has 0 fully saturated rings. The topological polar surface area (TPSA) is 40.5 Å². The van der Waals surface area contributed by atoms with Gasteiger partial charge in [0, 0.05) is 25.6 Å². The van der Waals surface area contributed by atoms with Gasteiger partial charge in [0.05, 0.1) is 5.76 Å². The maximum absolute atomic E-state index is 11.8. The highest BCUT2D eigenvalue weighted by Crippen LogP contribution is 2.03. The van der Waals surface area contributed by atoms with E-state index in [1.807, 2.05) is 11.8 Å². The number of allylic oxidation sites excluding steroid dienone is 1. The van der Waals surface area contributed by atoms with Crippen LogP contribution < -0.4 is 0 Å². The van der Waals surface area contributed by atoms with E-state index in [1.54, 1.807) is 0 Å². The number of rotatable bonds is 8. The summed E-state index contributed by atoms with van der Waals surface area (Å²) in [6, 6.07) is 0. The maximum Gasteiger partial charge on any atom is 0.249 e. The Kier molecular flexibility index (Phi) is 8.68. The highest BCUT2D eigenvalue weighted by atomic mass is 16.3. The molecule has 0 saturated heterocycles. The number of aliphatic hydroxyl groups excluding tert-OH is 1. The van der Waals surface area contributed by atoms with Crippen molar-refractivity contribution in [3.8, 4) is 0 Å². The van der Waals surface area contributed by atoms with E-state index in [1.165, 1.54) is 6.08 Å². The van der Waals surface area contributed by atoms with E-state index in [0.29, 0.717) is 6.42 Å². The smallest absolute Gasteiger partial charge is 0.249 e. The molecule has 16 heavy (non-hydrogen) atoms. The van der Waals surface area contributed by atoms with Gasteiger partial charge in [0.15, 0.2) is 0 Å². The Morgan fingerprint density at radius 2 is 1.62 bits per heavy atom. The van der Waals surface area contributed by atoms with Crippen molar-refractivity contribution in [2.24, 2.45) is 0 Å². The number of hydrogen-bond donors (Lipinski definition) is 1. The van der Waals surface area contributed by atoms with Crippen molar-refractivity contribution in [1.29, 1.82) is 0 Å². The minimum absolute atomic E-state index is 0.0544. The normalized spacial score (nSPS) is 11.6. The van der Waals surface area contributed by atoms with Crippen molar-refractivity contribution in [3.05, 3.63) is 11.8 Å². The molecule has 0 atom stereocenters. The fourth-order valence-electron chi connectivity index (χ4n) is 1.37. The van der Waals surface area contributed by atoms with Gasteiger partial charge in [0.2, 0.25) is 5.91 Å². The largest absolute Gasteiger partial charge is 0.512 e. The Labute approximate surface area is 99.1 Å². The highest BCUT2D eigenvalue weighted by molar-refractivity contribution is 5.87. The van der Waals surface area contributed by atoms with Gasteiger partial charge in [-0.2, -0.15) is 0 Å². The minimum atomic E-state index is -0.0544. The van der Waals surface area contributed by atoms with Crippen LogP contribution in [0.5, 0.6) is 0 Å². The van der Waals surface area contributed by atoms with E-state index in [2.05, 4.69) is 13.8 Å². The fourth-order valence-corrected chi connectivity index (χ4v) is 1.37. The monoisotopic (exact) mass is 227 g/mol. The van der Waals surface area contributed by atoms with Gasteiger partial charge in [-0.3, -0.25) is 4.79 Å². The Bertz CT molecular complexity index is 216. The summed E-state index contributed by atoms with van der Waals surface area (Å²) in [4.78, 5) is 13.6. The van der Waals surface area contributed by atoms with Gasteiger partial charge < -0.3 is 10.0 Å². The summed E-state index contributed by atoms with van der Waals surface area (Å²) in [7, 11) is 0. The van der Waals surface area contributed by atoms with E-state index >= 15 is 0 Å². The van der Waals surface area contributed by atoms with Crippen LogP contribution in [0.2, 0.25) is 0 Å². The Balaban J connectivity index is 4.30. The van der Waals surface area contributed by atoms with Gasteiger partial charge in [-0.15, -0.1) is 0 Å². The number of hydrogen-bond acceptors (Lipinski definition) is 2. The number of amides is 1. The molecule has 0 spiro atoms. The molecule has 1 amide bonds. The molecule has 0 heterocycles. The number of carbonyl (C=O) groups excluding carboxylic acids is 1. The molecule has 1 N–H and O–H groups in total. The molecule has 0 radical (unpaired) electrons. The summed E-state index contributed by atoms with van der Waals surface area (Å²) in [5, 5.41) is 9.34. The molecular formula is C13H25NO2. The number of nitrogens with zero attached hydrogens (tertiary/aromatic N) is 1. The zero-order valence-corrected chi connectivity index (χ0v) is 10.8. The number of carbonyl (C=O) groups is 1. The van der Waals surface area contributed by atoms with E-state index in [0.717, 1.165) is 38.8 Å². The molecule has 0 aromatic rings. The molecule has 0 aliphatic heterocycles. The fraction of sp³-hybridized carbons (Fsp3) is 0.769. The molecule has 0 aliphatic carbocycles. The Morgan fingerprint density at radius 3 is 2.00 bits per heavy atom. The lowest BCUT2D eigenvalue weighted by molar-refractivity contribution is -0.126. The van der Waals surface area contributed by atoms with Crippen LogP contribution in [-0.2, 0) is 4.79 Å². The zero-order chi connectivity index (χ0) is 12.4. The molecule has 0 aromatic heterocycles. The molecule has 0 unspecified atom stereocenters. The van der Waals surface area contributed by atoms with Crippen molar-refractivity contribution in [2.45, 2.75) is 52.9 Å². The Hall–Kier alpha value is -0.990. The molecule has 0 saturated carbocycles. The molecular weight excluding hydrogens is 202 g/mol. The molecule has 94 valence electrons. The first-order valence-corrected chi connectivity index (χ1v) is 6.34. The summed E-state index contributed by atoms with van der Waals surface area (Å²) in [5.41, 5.74) is 0. The van der Waals surface area contributed by atoms with Crippen LogP contribution in [0.3, 0.4) is 0 Å². The second-order valence-electron chi connectivity index (χ2n) is 4.02. The van der Waals surface area contributed by atoms with Crippen LogP contribution in [0, 0.1) is 0 Å². The molecule has 0 rings (SSSR count). The van der Waals surface area contributed by atoms with Crippen molar-refractivity contribution < 1.29 is 9.90 Å². The van der Waals surface area contributed by atoms with Crippen LogP contribution >= 0.6 is 0 Å². The van der Waals surface area contributed by atoms with E-state index in [9.17, 15) is 9.90 Å². The van der Waals surface area contributed by atoms with Gasteiger partial charge in [0.1, 0.15) is 0 Å². The van der Waals surface area contributed by atoms with E-state index in [-0.39, 0.29) is 11.7 Å². The van der Waals surface area contributed by atoms with Gasteiger partial charge in [-0.05, 0) is 12.8 Å². The second kappa shape index (κ2) is 9.25. The molecule has 0 aliphatic rings. The first-order chi connectivity index (χ1) is 7.65. The quantitative estimate of drug-likeness (QED) is 0.510. The predicted octanol–water partition coefficient (Wildman–Crippen LogP) is 3.27. The summed E-state index contributed by atoms with van der Waals surface area (Å²) in [5.74, 6) is 0.115. The second-order valence-corrected chi connectivity index (χ2v) is 4.02. The predicted molar refractivity (Wildman–Crippen MR) is 67.4 cm³/mol. The van der Waals surface area contributed by atoms with Gasteiger partial charge in [0.25, 0.3) is 0 Å². The highest BCUT2D eigenvalue weighted by Gasteiger charge is 2.10. The summed E-state index contributed by atoms with van der Waals surface area (Å²) in [6.45, 7) is 7.65. The molecule has 0 bridgehead atoms. The first-order valence-electron chi connectivity index (χ1n) is 6.34. The van der Waals surface area contributed by atoms with Crippen LogP contribution in [0.1, 0.15) is 52.9 Å². The first kappa shape index (κ1) is 15.0. The molecule has 0 aromatic carbocycles. The van der Waals surface area contributed by atoms with Crippen molar-refractivity contribution in [3.63, 3.8) is 0 Å². The third-order valence-corrected chi connectivity index (χ3v) is 2.53. The Morgan fingerprint density at radius 1 is 1.12 bits per heavy atom. The lowest BCUT2D eigenvalue weighted by Crippen LogP contribution is -2.31. The third-order valence-electron chi connectivity index (χ3n) is 2.53. The standard InChI is InChI=1S/C13H25NO2/c1-4-7-9-14(10-8-5-2)13(16)11-12(15)6-3/h11,15H,4-10H2,1-3H3. The van der Waals surface area contributed by atoms with E-state index < -0.39 is 0 Å². The summed E-state index contributed by atoms with van der Waals surface area (Å²) >= 11 is 0. The summed E-state index contributed by atoms with van der Waals surface area (Å²) < 4.78 is 0. The van der Waals surface area contributed by atoms with Crippen molar-refractivity contribution >= 4 is 5.91 Å². The SMILES string of the molecule is CCCCN(CCCC)C(=O)C=C(O)CC. The van der Waals surface area contributed by atoms with Gasteiger partial charge in [-0.1, -0.05) is 33.6 Å². The van der Waals surface area contributed by atoms with Crippen LogP contribution in [0.4, 0.5) is 0 Å². The van der Waals surface area contributed by atoms with Crippen LogP contribution in [0.25, 0.3) is 0 Å². The maximum atomic E-state index is 11.8. The van der Waals surface area contributed by atoms with E-state index in [4.69, 9.17) is 0 Å². The third kappa shape index (κ3) is 6.49. The molecule has 3 heteroatoms. The molecule has 3 nitrogen and oxygen atoms in total. The summed E-state index contributed by atoms with van der Waals surface area (Å²) in [6.07, 6.45) is 6.08. The number of aliphatic hydroxyl groups is 1. The van der Waals surface area contributed by atoms with Crippen molar-refractivity contribution in [1.82, 2.24) is 4.90 Å². The lowest BCUT2D eigenvalue weighted by atomic mass is 10.2. The lowest BCUT2D eigenvalue weighted by Gasteiger charge is -2.20. The zero-order valence-electron chi connectivity index (χ0n) is 10.8. The van der Waals surface area contributed by atoms with Gasteiger partial charge in [-0.25, -0.2) is 0 Å².